The molecule has 0 spiro atoms. The fourth-order valence-corrected chi connectivity index (χ4v) is 1.18. The highest BCUT2D eigenvalue weighted by Gasteiger charge is 2.03. The lowest BCUT2D eigenvalue weighted by atomic mass is 10.3. The van der Waals surface area contributed by atoms with Crippen LogP contribution in [0.2, 0.25) is 0 Å². The van der Waals surface area contributed by atoms with Gasteiger partial charge in [0.15, 0.2) is 0 Å². The third kappa shape index (κ3) is 6.65. The highest BCUT2D eigenvalue weighted by atomic mass is 32.2. The lowest BCUT2D eigenvalue weighted by Gasteiger charge is -2.06. The molecule has 0 bridgehead atoms. The van der Waals surface area contributed by atoms with E-state index in [0.717, 1.165) is 6.42 Å². The number of ether oxygens (including phenoxy) is 1. The van der Waals surface area contributed by atoms with E-state index >= 15 is 0 Å². The van der Waals surface area contributed by atoms with Crippen LogP contribution >= 0.6 is 0 Å². The number of methoxy groups -OCH3 is 1. The fourth-order valence-electron chi connectivity index (χ4n) is 0.731. The predicted octanol–water partition coefficient (Wildman–Crippen LogP) is 0.420. The molecule has 2 unspecified atom stereocenters. The SMILES string of the molecule is COC(=O)/C=C/NCCC(C)S(C)=O. The van der Waals surface area contributed by atoms with Crippen molar-refractivity contribution < 1.29 is 13.7 Å². The highest BCUT2D eigenvalue weighted by molar-refractivity contribution is 7.84. The van der Waals surface area contributed by atoms with Crippen LogP contribution in [-0.4, -0.2) is 35.3 Å². The van der Waals surface area contributed by atoms with Crippen LogP contribution in [0.1, 0.15) is 13.3 Å². The van der Waals surface area contributed by atoms with Gasteiger partial charge >= 0.3 is 5.97 Å². The number of hydrogen-bond acceptors (Lipinski definition) is 4. The summed E-state index contributed by atoms with van der Waals surface area (Å²) in [4.78, 5) is 10.6. The standard InChI is InChI=1S/C9H17NO3S/c1-8(14(3)12)4-6-10-7-5-9(11)13-2/h5,7-8,10H,4,6H2,1-3H3/b7-5+. The topological polar surface area (TPSA) is 55.4 Å². The summed E-state index contributed by atoms with van der Waals surface area (Å²) in [5.74, 6) is -0.385. The summed E-state index contributed by atoms with van der Waals surface area (Å²) >= 11 is 0. The van der Waals surface area contributed by atoms with Gasteiger partial charge in [0.25, 0.3) is 0 Å². The van der Waals surface area contributed by atoms with Crippen LogP contribution in [0.4, 0.5) is 0 Å². The van der Waals surface area contributed by atoms with E-state index in [4.69, 9.17) is 0 Å². The minimum atomic E-state index is -0.782. The molecular formula is C9H17NO3S. The molecule has 0 aromatic carbocycles. The van der Waals surface area contributed by atoms with Crippen LogP contribution in [-0.2, 0) is 20.3 Å². The molecule has 0 aliphatic rings. The quantitative estimate of drug-likeness (QED) is 0.399. The summed E-state index contributed by atoms with van der Waals surface area (Å²) in [6, 6.07) is 0. The second-order valence-electron chi connectivity index (χ2n) is 2.91. The Morgan fingerprint density at radius 3 is 2.79 bits per heavy atom. The zero-order valence-electron chi connectivity index (χ0n) is 8.78. The number of rotatable bonds is 6. The molecule has 82 valence electrons. The van der Waals surface area contributed by atoms with E-state index in [0.29, 0.717) is 6.54 Å². The first-order valence-corrected chi connectivity index (χ1v) is 6.00. The molecule has 0 aliphatic carbocycles. The van der Waals surface area contributed by atoms with Gasteiger partial charge in [-0.1, -0.05) is 6.92 Å². The maximum atomic E-state index is 11.0. The largest absolute Gasteiger partial charge is 0.466 e. The van der Waals surface area contributed by atoms with Gasteiger partial charge in [-0.3, -0.25) is 4.21 Å². The van der Waals surface area contributed by atoms with Gasteiger partial charge in [0.1, 0.15) is 0 Å². The zero-order valence-corrected chi connectivity index (χ0v) is 9.60. The van der Waals surface area contributed by atoms with Crippen molar-refractivity contribution in [3.05, 3.63) is 12.3 Å². The molecule has 0 aromatic heterocycles. The van der Waals surface area contributed by atoms with Crippen molar-refractivity contribution in [2.75, 3.05) is 19.9 Å². The van der Waals surface area contributed by atoms with Crippen molar-refractivity contribution in [3.63, 3.8) is 0 Å². The molecule has 0 aliphatic heterocycles. The van der Waals surface area contributed by atoms with Gasteiger partial charge in [0.2, 0.25) is 0 Å². The van der Waals surface area contributed by atoms with Gasteiger partial charge in [-0.15, -0.1) is 0 Å². The number of carbonyl (C=O) groups is 1. The van der Waals surface area contributed by atoms with Crippen molar-refractivity contribution in [1.29, 1.82) is 0 Å². The van der Waals surface area contributed by atoms with Gasteiger partial charge in [0, 0.05) is 41.1 Å². The van der Waals surface area contributed by atoms with Crippen LogP contribution in [0.25, 0.3) is 0 Å². The molecule has 1 N–H and O–H groups in total. The number of hydrogen-bond donors (Lipinski definition) is 1. The van der Waals surface area contributed by atoms with Gasteiger partial charge < -0.3 is 10.1 Å². The molecule has 0 radical (unpaired) electrons. The van der Waals surface area contributed by atoms with E-state index < -0.39 is 10.8 Å². The van der Waals surface area contributed by atoms with E-state index in [2.05, 4.69) is 10.1 Å². The summed E-state index contributed by atoms with van der Waals surface area (Å²) < 4.78 is 15.4. The Labute approximate surface area is 87.2 Å². The molecule has 0 heterocycles. The fraction of sp³-hybridized carbons (Fsp3) is 0.667. The Kier molecular flexibility index (Phi) is 7.10. The van der Waals surface area contributed by atoms with Gasteiger partial charge in [-0.25, -0.2) is 4.79 Å². The lowest BCUT2D eigenvalue weighted by Crippen LogP contribution is -2.17. The van der Waals surface area contributed by atoms with Crippen molar-refractivity contribution >= 4 is 16.8 Å². The molecule has 0 saturated heterocycles. The lowest BCUT2D eigenvalue weighted by molar-refractivity contribution is -0.134. The minimum Gasteiger partial charge on any atom is -0.466 e. The van der Waals surface area contributed by atoms with E-state index in [1.165, 1.54) is 19.4 Å². The van der Waals surface area contributed by atoms with Crippen LogP contribution in [0.15, 0.2) is 12.3 Å². The Morgan fingerprint density at radius 1 is 1.64 bits per heavy atom. The second kappa shape index (κ2) is 7.55. The number of carbonyl (C=O) groups excluding carboxylic acids is 1. The molecule has 2 atom stereocenters. The summed E-state index contributed by atoms with van der Waals surface area (Å²) in [5, 5.41) is 3.10. The predicted molar refractivity (Wildman–Crippen MR) is 57.3 cm³/mol. The number of esters is 1. The van der Waals surface area contributed by atoms with Gasteiger partial charge in [-0.2, -0.15) is 0 Å². The van der Waals surface area contributed by atoms with E-state index in [1.54, 1.807) is 6.26 Å². The van der Waals surface area contributed by atoms with Crippen LogP contribution in [0.3, 0.4) is 0 Å². The van der Waals surface area contributed by atoms with E-state index in [9.17, 15) is 9.00 Å². The molecule has 0 fully saturated rings. The van der Waals surface area contributed by atoms with Crippen LogP contribution in [0, 0.1) is 0 Å². The average Bonchev–Trinajstić information content (AvgIpc) is 2.16. The summed E-state index contributed by atoms with van der Waals surface area (Å²) in [7, 11) is 0.546. The monoisotopic (exact) mass is 219 g/mol. The Morgan fingerprint density at radius 2 is 2.29 bits per heavy atom. The molecule has 0 rings (SSSR count). The third-order valence-electron chi connectivity index (χ3n) is 1.80. The zero-order chi connectivity index (χ0) is 11.0. The molecule has 0 saturated carbocycles. The van der Waals surface area contributed by atoms with Crippen molar-refractivity contribution in [2.45, 2.75) is 18.6 Å². The highest BCUT2D eigenvalue weighted by Crippen LogP contribution is 1.96. The van der Waals surface area contributed by atoms with Crippen molar-refractivity contribution in [3.8, 4) is 0 Å². The van der Waals surface area contributed by atoms with E-state index in [1.807, 2.05) is 6.92 Å². The maximum Gasteiger partial charge on any atom is 0.331 e. The Hall–Kier alpha value is -0.840. The summed E-state index contributed by atoms with van der Waals surface area (Å²) in [6.45, 7) is 2.63. The normalized spacial score (nSPS) is 15.1. The van der Waals surface area contributed by atoms with Crippen LogP contribution in [0.5, 0.6) is 0 Å². The van der Waals surface area contributed by atoms with Gasteiger partial charge in [0.05, 0.1) is 7.11 Å². The third-order valence-corrected chi connectivity index (χ3v) is 3.17. The number of nitrogens with one attached hydrogen (secondary N) is 1. The first-order chi connectivity index (χ1) is 6.57. The van der Waals surface area contributed by atoms with Gasteiger partial charge in [-0.05, 0) is 6.42 Å². The first-order valence-electron chi connectivity index (χ1n) is 4.38. The molecule has 0 aromatic rings. The molecular weight excluding hydrogens is 202 g/mol. The maximum absolute atomic E-state index is 11.0. The van der Waals surface area contributed by atoms with Crippen molar-refractivity contribution in [2.24, 2.45) is 0 Å². The molecule has 14 heavy (non-hydrogen) atoms. The average molecular weight is 219 g/mol. The smallest absolute Gasteiger partial charge is 0.331 e. The Balaban J connectivity index is 3.51. The van der Waals surface area contributed by atoms with Crippen molar-refractivity contribution in [1.82, 2.24) is 5.32 Å². The minimum absolute atomic E-state index is 0.175. The Bertz CT molecular complexity index is 228. The molecule has 0 amide bonds. The van der Waals surface area contributed by atoms with Crippen LogP contribution < -0.4 is 5.32 Å². The first kappa shape index (κ1) is 13.2. The van der Waals surface area contributed by atoms with E-state index in [-0.39, 0.29) is 11.2 Å². The molecule has 4 nitrogen and oxygen atoms in total. The second-order valence-corrected chi connectivity index (χ2v) is 4.71. The summed E-state index contributed by atoms with van der Waals surface area (Å²) in [5.41, 5.74) is 0. The molecule has 5 heteroatoms. The summed E-state index contributed by atoms with van der Waals surface area (Å²) in [6.07, 6.45) is 5.36.